The molecule has 0 saturated heterocycles. The van der Waals surface area contributed by atoms with Crippen molar-refractivity contribution in [3.8, 4) is 11.5 Å². The Morgan fingerprint density at radius 3 is 2.45 bits per heavy atom. The predicted octanol–water partition coefficient (Wildman–Crippen LogP) is 5.25. The Labute approximate surface area is 130 Å². The van der Waals surface area contributed by atoms with Crippen molar-refractivity contribution in [2.24, 2.45) is 5.92 Å². The third-order valence-corrected chi connectivity index (χ3v) is 5.35. The van der Waals surface area contributed by atoms with Gasteiger partial charge in [-0.25, -0.2) is 0 Å². The summed E-state index contributed by atoms with van der Waals surface area (Å²) >= 11 is 3.88. The van der Waals surface area contributed by atoms with Crippen LogP contribution in [0.2, 0.25) is 0 Å². The van der Waals surface area contributed by atoms with Gasteiger partial charge < -0.3 is 9.47 Å². The molecule has 3 rings (SSSR count). The average Bonchev–Trinajstić information content (AvgIpc) is 2.75. The van der Waals surface area contributed by atoms with Crippen LogP contribution in [0.3, 0.4) is 0 Å². The molecule has 1 saturated carbocycles. The van der Waals surface area contributed by atoms with Gasteiger partial charge >= 0.3 is 0 Å². The monoisotopic (exact) mass is 338 g/mol. The molecule has 1 aromatic rings. The van der Waals surface area contributed by atoms with E-state index in [0.717, 1.165) is 17.4 Å². The average molecular weight is 339 g/mol. The molecule has 1 heterocycles. The minimum absolute atomic E-state index is 0.432. The Morgan fingerprint density at radius 2 is 1.70 bits per heavy atom. The molecule has 0 radical (unpaired) electrons. The Morgan fingerprint density at radius 1 is 1.00 bits per heavy atom. The first kappa shape index (κ1) is 14.2. The molecular formula is C17H23BrO2. The molecule has 0 bridgehead atoms. The van der Waals surface area contributed by atoms with E-state index < -0.39 is 0 Å². The first-order valence-corrected chi connectivity index (χ1v) is 8.78. The van der Waals surface area contributed by atoms with E-state index in [1.165, 1.54) is 50.5 Å². The quantitative estimate of drug-likeness (QED) is 0.553. The van der Waals surface area contributed by atoms with Gasteiger partial charge in [-0.15, -0.1) is 0 Å². The highest BCUT2D eigenvalue weighted by molar-refractivity contribution is 9.09. The number of benzene rings is 1. The molecule has 110 valence electrons. The third kappa shape index (κ3) is 3.49. The van der Waals surface area contributed by atoms with Gasteiger partial charge in [0.15, 0.2) is 11.5 Å². The van der Waals surface area contributed by atoms with E-state index in [1.54, 1.807) is 0 Å². The van der Waals surface area contributed by atoms with Gasteiger partial charge in [0.2, 0.25) is 0 Å². The summed E-state index contributed by atoms with van der Waals surface area (Å²) in [5, 5.41) is 0. The minimum atomic E-state index is 0.432. The molecule has 1 aliphatic carbocycles. The van der Waals surface area contributed by atoms with E-state index in [2.05, 4.69) is 28.1 Å². The fourth-order valence-corrected chi connectivity index (χ4v) is 4.10. The van der Waals surface area contributed by atoms with E-state index in [9.17, 15) is 0 Å². The molecule has 1 unspecified atom stereocenters. The van der Waals surface area contributed by atoms with Crippen molar-refractivity contribution >= 4 is 15.9 Å². The topological polar surface area (TPSA) is 18.5 Å². The molecule has 1 aliphatic heterocycles. The van der Waals surface area contributed by atoms with Crippen LogP contribution in [0, 0.1) is 5.92 Å². The maximum absolute atomic E-state index is 5.68. The molecule has 20 heavy (non-hydrogen) atoms. The summed E-state index contributed by atoms with van der Waals surface area (Å²) in [6, 6.07) is 6.36. The molecule has 1 fully saturated rings. The number of hydrogen-bond acceptors (Lipinski definition) is 2. The lowest BCUT2D eigenvalue weighted by Crippen LogP contribution is -2.15. The van der Waals surface area contributed by atoms with Gasteiger partial charge in [0.1, 0.15) is 13.2 Å². The largest absolute Gasteiger partial charge is 0.486 e. The van der Waals surface area contributed by atoms with Crippen molar-refractivity contribution in [1.29, 1.82) is 0 Å². The maximum Gasteiger partial charge on any atom is 0.161 e. The fourth-order valence-electron chi connectivity index (χ4n) is 3.28. The Bertz CT molecular complexity index is 439. The third-order valence-electron chi connectivity index (χ3n) is 4.44. The van der Waals surface area contributed by atoms with Gasteiger partial charge in [-0.1, -0.05) is 60.5 Å². The highest BCUT2D eigenvalue weighted by Gasteiger charge is 2.20. The Hall–Kier alpha value is -0.700. The van der Waals surface area contributed by atoms with Crippen LogP contribution in [0.5, 0.6) is 11.5 Å². The van der Waals surface area contributed by atoms with Crippen LogP contribution in [0.25, 0.3) is 0 Å². The second-order valence-corrected chi connectivity index (χ2v) is 7.07. The lowest BCUT2D eigenvalue weighted by atomic mass is 9.92. The van der Waals surface area contributed by atoms with Gasteiger partial charge in [0.05, 0.1) is 0 Å². The van der Waals surface area contributed by atoms with Gasteiger partial charge in [-0.05, 0) is 30.0 Å². The minimum Gasteiger partial charge on any atom is -0.486 e. The van der Waals surface area contributed by atoms with E-state index >= 15 is 0 Å². The van der Waals surface area contributed by atoms with Crippen molar-refractivity contribution < 1.29 is 9.47 Å². The molecular weight excluding hydrogens is 316 g/mol. The van der Waals surface area contributed by atoms with E-state index in [0.29, 0.717) is 18.0 Å². The SMILES string of the molecule is BrC(CC1CCCCCC1)c1ccc2c(c1)OCCO2. The van der Waals surface area contributed by atoms with Crippen LogP contribution in [0.4, 0.5) is 0 Å². The van der Waals surface area contributed by atoms with Gasteiger partial charge in [0, 0.05) is 4.83 Å². The van der Waals surface area contributed by atoms with Crippen LogP contribution < -0.4 is 9.47 Å². The normalized spacial score (nSPS) is 21.2. The van der Waals surface area contributed by atoms with E-state index in [-0.39, 0.29) is 0 Å². The number of hydrogen-bond donors (Lipinski definition) is 0. The number of halogens is 1. The lowest BCUT2D eigenvalue weighted by Gasteiger charge is -2.22. The number of rotatable bonds is 3. The Kier molecular flexibility index (Phi) is 4.87. The molecule has 3 heteroatoms. The summed E-state index contributed by atoms with van der Waals surface area (Å²) < 4.78 is 11.3. The van der Waals surface area contributed by atoms with Crippen molar-refractivity contribution in [2.75, 3.05) is 13.2 Å². The van der Waals surface area contributed by atoms with Crippen LogP contribution in [0.1, 0.15) is 55.3 Å². The second-order valence-electron chi connectivity index (χ2n) is 5.96. The molecule has 2 aliphatic rings. The van der Waals surface area contributed by atoms with Crippen LogP contribution in [-0.2, 0) is 0 Å². The molecule has 0 amide bonds. The maximum atomic E-state index is 5.68. The first-order valence-electron chi connectivity index (χ1n) is 7.86. The predicted molar refractivity (Wildman–Crippen MR) is 84.9 cm³/mol. The molecule has 1 atom stereocenters. The molecule has 0 aromatic heterocycles. The van der Waals surface area contributed by atoms with Crippen LogP contribution >= 0.6 is 15.9 Å². The molecule has 0 N–H and O–H groups in total. The highest BCUT2D eigenvalue weighted by atomic mass is 79.9. The van der Waals surface area contributed by atoms with Gasteiger partial charge in [0.25, 0.3) is 0 Å². The van der Waals surface area contributed by atoms with Crippen LogP contribution in [0.15, 0.2) is 18.2 Å². The number of ether oxygens (including phenoxy) is 2. The van der Waals surface area contributed by atoms with E-state index in [1.807, 2.05) is 6.07 Å². The lowest BCUT2D eigenvalue weighted by molar-refractivity contribution is 0.171. The summed E-state index contributed by atoms with van der Waals surface area (Å²) in [6.45, 7) is 1.32. The summed E-state index contributed by atoms with van der Waals surface area (Å²) in [7, 11) is 0. The highest BCUT2D eigenvalue weighted by Crippen LogP contribution is 2.39. The first-order chi connectivity index (χ1) is 9.83. The standard InChI is InChI=1S/C17H23BrO2/c18-15(11-13-5-3-1-2-4-6-13)14-7-8-16-17(12-14)20-10-9-19-16/h7-8,12-13,15H,1-6,9-11H2. The summed E-state index contributed by atoms with van der Waals surface area (Å²) in [6.07, 6.45) is 9.69. The van der Waals surface area contributed by atoms with Crippen molar-refractivity contribution in [3.63, 3.8) is 0 Å². The molecule has 0 spiro atoms. The van der Waals surface area contributed by atoms with Gasteiger partial charge in [-0.2, -0.15) is 0 Å². The summed E-state index contributed by atoms with van der Waals surface area (Å²) in [5.74, 6) is 2.66. The fraction of sp³-hybridized carbons (Fsp3) is 0.647. The van der Waals surface area contributed by atoms with Crippen molar-refractivity contribution in [3.05, 3.63) is 23.8 Å². The number of alkyl halides is 1. The zero-order valence-corrected chi connectivity index (χ0v) is 13.5. The zero-order valence-electron chi connectivity index (χ0n) is 11.9. The summed E-state index contributed by atoms with van der Waals surface area (Å²) in [5.41, 5.74) is 1.32. The Balaban J connectivity index is 1.65. The van der Waals surface area contributed by atoms with E-state index in [4.69, 9.17) is 9.47 Å². The zero-order chi connectivity index (χ0) is 13.8. The van der Waals surface area contributed by atoms with Gasteiger partial charge in [-0.3, -0.25) is 0 Å². The smallest absolute Gasteiger partial charge is 0.161 e. The molecule has 2 nitrogen and oxygen atoms in total. The van der Waals surface area contributed by atoms with Crippen molar-refractivity contribution in [2.45, 2.75) is 49.8 Å². The van der Waals surface area contributed by atoms with Crippen LogP contribution in [-0.4, -0.2) is 13.2 Å². The molecule has 1 aromatic carbocycles. The van der Waals surface area contributed by atoms with Crippen molar-refractivity contribution in [1.82, 2.24) is 0 Å². The second kappa shape index (κ2) is 6.84. The number of fused-ring (bicyclic) bond motifs is 1. The summed E-state index contributed by atoms with van der Waals surface area (Å²) in [4.78, 5) is 0.432.